The molecule has 2 N–H and O–H groups in total. The van der Waals surface area contributed by atoms with Gasteiger partial charge in [-0.05, 0) is 11.2 Å². The van der Waals surface area contributed by atoms with Crippen molar-refractivity contribution in [3.05, 3.63) is 18.5 Å². The molecule has 0 amide bonds. The predicted molar refractivity (Wildman–Crippen MR) is 29.8 cm³/mol. The monoisotopic (exact) mass is 237 g/mol. The average molecular weight is 237 g/mol. The van der Waals surface area contributed by atoms with Gasteiger partial charge in [0.25, 0.3) is 0 Å². The molecule has 0 radical (unpaired) electrons. The second-order valence-electron chi connectivity index (χ2n) is 1.63. The van der Waals surface area contributed by atoms with E-state index in [0.29, 0.717) is 0 Å². The van der Waals surface area contributed by atoms with E-state index in [0.717, 1.165) is 5.69 Å². The number of halogens is 1. The maximum atomic E-state index is 5.40. The van der Waals surface area contributed by atoms with E-state index in [1.807, 2.05) is 7.05 Å². The molecule has 0 spiro atoms. The van der Waals surface area contributed by atoms with Gasteiger partial charge in [0.1, 0.15) is 5.69 Å². The Morgan fingerprint density at radius 2 is 2.33 bits per heavy atom. The number of nitrogens with zero attached hydrogens (tertiary/aromatic N) is 2. The first-order valence-electron chi connectivity index (χ1n) is 2.36. The zero-order chi connectivity index (χ0) is 5.98. The summed E-state index contributed by atoms with van der Waals surface area (Å²) >= 11 is 0. The van der Waals surface area contributed by atoms with Gasteiger partial charge in [0.15, 0.2) is 7.05 Å². The van der Waals surface area contributed by atoms with Gasteiger partial charge in [0.05, 0.1) is 6.20 Å². The highest BCUT2D eigenvalue weighted by Crippen LogP contribution is 1.88. The standard InChI is InChI=1S/C5H8N3.HI/c1-8-4-5(6)2-3-7-8;/h2-4H,1H3,(H2,6,7);1H/q+1;/p-1. The van der Waals surface area contributed by atoms with Crippen LogP contribution in [0.2, 0.25) is 0 Å². The van der Waals surface area contributed by atoms with Gasteiger partial charge in [0, 0.05) is 0 Å². The molecule has 1 aromatic rings. The number of rotatable bonds is 0. The molecule has 1 heterocycles. The molecule has 9 heavy (non-hydrogen) atoms. The average Bonchev–Trinajstić information content (AvgIpc) is 1.64. The lowest BCUT2D eigenvalue weighted by molar-refractivity contribution is -0.730. The lowest BCUT2D eigenvalue weighted by Crippen LogP contribution is -3.00. The van der Waals surface area contributed by atoms with Gasteiger partial charge in [-0.25, -0.2) is 0 Å². The quantitative estimate of drug-likeness (QED) is 0.375. The molecule has 0 saturated heterocycles. The van der Waals surface area contributed by atoms with E-state index >= 15 is 0 Å². The third-order valence-electron chi connectivity index (χ3n) is 0.852. The summed E-state index contributed by atoms with van der Waals surface area (Å²) < 4.78 is 1.66. The molecule has 0 unspecified atom stereocenters. The van der Waals surface area contributed by atoms with Crippen molar-refractivity contribution in [1.82, 2.24) is 5.10 Å². The van der Waals surface area contributed by atoms with Crippen LogP contribution in [0.1, 0.15) is 0 Å². The molecule has 0 aliphatic rings. The van der Waals surface area contributed by atoms with Crippen molar-refractivity contribution in [3.63, 3.8) is 0 Å². The van der Waals surface area contributed by atoms with Crippen molar-refractivity contribution in [1.29, 1.82) is 0 Å². The summed E-state index contributed by atoms with van der Waals surface area (Å²) in [4.78, 5) is 0. The molecule has 50 valence electrons. The number of nitrogens with two attached hydrogens (primary N) is 1. The minimum absolute atomic E-state index is 0. The van der Waals surface area contributed by atoms with Gasteiger partial charge >= 0.3 is 0 Å². The second-order valence-corrected chi connectivity index (χ2v) is 1.63. The molecule has 0 saturated carbocycles. The van der Waals surface area contributed by atoms with Gasteiger partial charge in [0.2, 0.25) is 6.20 Å². The zero-order valence-corrected chi connectivity index (χ0v) is 7.24. The lowest BCUT2D eigenvalue weighted by Gasteiger charge is -1.83. The second kappa shape index (κ2) is 3.60. The van der Waals surface area contributed by atoms with Crippen molar-refractivity contribution in [2.45, 2.75) is 0 Å². The van der Waals surface area contributed by atoms with Crippen LogP contribution in [0.15, 0.2) is 18.5 Å². The predicted octanol–water partition coefficient (Wildman–Crippen LogP) is -3.51. The van der Waals surface area contributed by atoms with Crippen molar-refractivity contribution < 1.29 is 28.7 Å². The van der Waals surface area contributed by atoms with Crippen LogP contribution < -0.4 is 34.4 Å². The number of hydrogen-bond acceptors (Lipinski definition) is 2. The maximum Gasteiger partial charge on any atom is 0.218 e. The van der Waals surface area contributed by atoms with Crippen molar-refractivity contribution in [3.8, 4) is 0 Å². The first-order valence-corrected chi connectivity index (χ1v) is 2.36. The number of aryl methyl sites for hydroxylation is 1. The molecule has 0 aliphatic carbocycles. The van der Waals surface area contributed by atoms with Crippen molar-refractivity contribution >= 4 is 5.69 Å². The Kier molecular flexibility index (Phi) is 3.44. The van der Waals surface area contributed by atoms with Crippen LogP contribution >= 0.6 is 0 Å². The molecule has 0 aliphatic heterocycles. The van der Waals surface area contributed by atoms with E-state index in [1.54, 1.807) is 23.1 Å². The Bertz CT molecular complexity index is 172. The summed E-state index contributed by atoms with van der Waals surface area (Å²) in [7, 11) is 1.83. The van der Waals surface area contributed by atoms with Gasteiger partial charge in [-0.3, -0.25) is 0 Å². The van der Waals surface area contributed by atoms with E-state index < -0.39 is 0 Å². The fourth-order valence-electron chi connectivity index (χ4n) is 0.517. The highest BCUT2D eigenvalue weighted by Gasteiger charge is 1.89. The minimum Gasteiger partial charge on any atom is -1.00 e. The smallest absolute Gasteiger partial charge is 0.218 e. The Labute approximate surface area is 70.9 Å². The van der Waals surface area contributed by atoms with Crippen molar-refractivity contribution in [2.24, 2.45) is 7.05 Å². The van der Waals surface area contributed by atoms with E-state index in [4.69, 9.17) is 5.73 Å². The van der Waals surface area contributed by atoms with Gasteiger partial charge in [-0.1, -0.05) is 4.68 Å². The molecule has 3 nitrogen and oxygen atoms in total. The summed E-state index contributed by atoms with van der Waals surface area (Å²) in [5, 5.41) is 3.88. The molecular weight excluding hydrogens is 229 g/mol. The zero-order valence-electron chi connectivity index (χ0n) is 5.08. The van der Waals surface area contributed by atoms with E-state index in [1.165, 1.54) is 0 Å². The summed E-state index contributed by atoms with van der Waals surface area (Å²) in [6.45, 7) is 0. The third-order valence-corrected chi connectivity index (χ3v) is 0.852. The number of hydrogen-bond donors (Lipinski definition) is 1. The van der Waals surface area contributed by atoms with Crippen LogP contribution in [-0.4, -0.2) is 5.10 Å². The molecule has 1 rings (SSSR count). The Hall–Kier alpha value is -0.390. The first-order chi connectivity index (χ1) is 3.79. The number of nitrogen functional groups attached to an aromatic ring is 1. The number of anilines is 1. The van der Waals surface area contributed by atoms with Crippen LogP contribution in [0.3, 0.4) is 0 Å². The van der Waals surface area contributed by atoms with Crippen molar-refractivity contribution in [2.75, 3.05) is 5.73 Å². The highest BCUT2D eigenvalue weighted by atomic mass is 127. The molecule has 0 aromatic carbocycles. The van der Waals surface area contributed by atoms with Crippen LogP contribution in [0, 0.1) is 0 Å². The number of aromatic nitrogens is 2. The fraction of sp³-hybridized carbons (Fsp3) is 0.200. The Balaban J connectivity index is 0.000000640. The van der Waals surface area contributed by atoms with E-state index in [-0.39, 0.29) is 24.0 Å². The van der Waals surface area contributed by atoms with Crippen LogP contribution in [0.5, 0.6) is 0 Å². The van der Waals surface area contributed by atoms with Crippen LogP contribution in [-0.2, 0) is 7.05 Å². The molecule has 0 bridgehead atoms. The van der Waals surface area contributed by atoms with Crippen LogP contribution in [0.4, 0.5) is 5.69 Å². The minimum atomic E-state index is 0. The third kappa shape index (κ3) is 2.59. The molecular formula is C5H8IN3. The maximum absolute atomic E-state index is 5.40. The van der Waals surface area contributed by atoms with E-state index in [9.17, 15) is 0 Å². The van der Waals surface area contributed by atoms with Crippen LogP contribution in [0.25, 0.3) is 0 Å². The summed E-state index contributed by atoms with van der Waals surface area (Å²) in [5.74, 6) is 0. The lowest BCUT2D eigenvalue weighted by atomic mass is 10.5. The summed E-state index contributed by atoms with van der Waals surface area (Å²) in [6, 6.07) is 1.75. The van der Waals surface area contributed by atoms with Gasteiger partial charge in [-0.15, -0.1) is 0 Å². The Morgan fingerprint density at radius 3 is 2.67 bits per heavy atom. The van der Waals surface area contributed by atoms with Gasteiger partial charge in [-0.2, -0.15) is 0 Å². The fourth-order valence-corrected chi connectivity index (χ4v) is 0.517. The Morgan fingerprint density at radius 1 is 1.67 bits per heavy atom. The normalized spacial score (nSPS) is 8.11. The molecule has 4 heteroatoms. The molecule has 0 fully saturated rings. The summed E-state index contributed by atoms with van der Waals surface area (Å²) in [5.41, 5.74) is 6.14. The topological polar surface area (TPSA) is 42.8 Å². The van der Waals surface area contributed by atoms with Gasteiger partial charge < -0.3 is 29.7 Å². The molecule has 0 atom stereocenters. The molecule has 1 aromatic heterocycles. The largest absolute Gasteiger partial charge is 1.00 e. The highest BCUT2D eigenvalue weighted by molar-refractivity contribution is 5.29. The van der Waals surface area contributed by atoms with E-state index in [2.05, 4.69) is 5.10 Å². The first kappa shape index (κ1) is 8.61. The SMILES string of the molecule is C[n+]1cc(N)ccn1.[I-]. The summed E-state index contributed by atoms with van der Waals surface area (Å²) in [6.07, 6.45) is 3.41.